The Morgan fingerprint density at radius 3 is 3.11 bits per heavy atom. The van der Waals surface area contributed by atoms with Crippen molar-refractivity contribution in [3.8, 4) is 0 Å². The molecule has 0 aliphatic carbocycles. The van der Waals surface area contributed by atoms with Gasteiger partial charge >= 0.3 is 5.97 Å². The van der Waals surface area contributed by atoms with Gasteiger partial charge in [-0.3, -0.25) is 9.20 Å². The molecule has 0 saturated carbocycles. The molecule has 0 fully saturated rings. The van der Waals surface area contributed by atoms with Gasteiger partial charge in [-0.05, 0) is 25.1 Å². The summed E-state index contributed by atoms with van der Waals surface area (Å²) in [6.45, 7) is 2.05. The summed E-state index contributed by atoms with van der Waals surface area (Å²) < 4.78 is 6.18. The highest BCUT2D eigenvalue weighted by molar-refractivity contribution is 5.86. The number of fused-ring (bicyclic) bond motifs is 1. The summed E-state index contributed by atoms with van der Waals surface area (Å²) in [7, 11) is 0. The van der Waals surface area contributed by atoms with Crippen molar-refractivity contribution in [2.24, 2.45) is 0 Å². The lowest BCUT2D eigenvalue weighted by Gasteiger charge is -2.00. The molecule has 0 amide bonds. The molecule has 92 valence electrons. The lowest BCUT2D eigenvalue weighted by molar-refractivity contribution is -0.137. The minimum atomic E-state index is -0.451. The lowest BCUT2D eigenvalue weighted by Crippen LogP contribution is -2.13. The number of rotatable bonds is 3. The number of nitrogens with zero attached hydrogens (tertiary/aromatic N) is 2. The number of hydrogen-bond acceptors (Lipinski definition) is 4. The maximum atomic E-state index is 11.7. The van der Waals surface area contributed by atoms with E-state index >= 15 is 0 Å². The topological polar surface area (TPSA) is 60.7 Å². The highest BCUT2D eigenvalue weighted by atomic mass is 16.5. The highest BCUT2D eigenvalue weighted by Crippen LogP contribution is 2.00. The van der Waals surface area contributed by atoms with Gasteiger partial charge in [0.2, 0.25) is 0 Å². The molecule has 2 aromatic rings. The van der Waals surface area contributed by atoms with E-state index in [0.29, 0.717) is 17.9 Å². The molecule has 0 unspecified atom stereocenters. The first-order chi connectivity index (χ1) is 8.70. The summed E-state index contributed by atoms with van der Waals surface area (Å²) in [5.74, 6) is -0.451. The smallest absolute Gasteiger partial charge is 0.330 e. The van der Waals surface area contributed by atoms with E-state index in [9.17, 15) is 9.59 Å². The van der Waals surface area contributed by atoms with Crippen LogP contribution < -0.4 is 5.56 Å². The molecule has 0 atom stereocenters. The van der Waals surface area contributed by atoms with Gasteiger partial charge in [0.1, 0.15) is 5.65 Å². The molecule has 0 aliphatic heterocycles. The van der Waals surface area contributed by atoms with Crippen LogP contribution in [0.15, 0.2) is 41.3 Å². The van der Waals surface area contributed by atoms with Crippen LogP contribution in [-0.4, -0.2) is 22.0 Å². The largest absolute Gasteiger partial charge is 0.463 e. The molecule has 2 rings (SSSR count). The molecule has 0 spiro atoms. The van der Waals surface area contributed by atoms with Crippen LogP contribution in [-0.2, 0) is 9.53 Å². The Bertz CT molecular complexity index is 659. The van der Waals surface area contributed by atoms with Gasteiger partial charge in [0.25, 0.3) is 5.56 Å². The molecule has 18 heavy (non-hydrogen) atoms. The Balaban J connectivity index is 2.35. The van der Waals surface area contributed by atoms with E-state index in [4.69, 9.17) is 4.74 Å². The lowest BCUT2D eigenvalue weighted by atomic mass is 10.3. The second-order valence-electron chi connectivity index (χ2n) is 3.53. The van der Waals surface area contributed by atoms with E-state index in [1.807, 2.05) is 0 Å². The first-order valence-corrected chi connectivity index (χ1v) is 5.54. The summed E-state index contributed by atoms with van der Waals surface area (Å²) in [5.41, 5.74) is 0.775. The molecular formula is C13H12N2O3. The van der Waals surface area contributed by atoms with Crippen LogP contribution >= 0.6 is 0 Å². The molecule has 0 bridgehead atoms. The molecule has 2 aromatic heterocycles. The van der Waals surface area contributed by atoms with E-state index in [1.54, 1.807) is 31.3 Å². The van der Waals surface area contributed by atoms with Crippen LogP contribution in [0.3, 0.4) is 0 Å². The van der Waals surface area contributed by atoms with Gasteiger partial charge in [-0.15, -0.1) is 0 Å². The van der Waals surface area contributed by atoms with Crippen LogP contribution in [0.5, 0.6) is 0 Å². The van der Waals surface area contributed by atoms with Gasteiger partial charge in [-0.1, -0.05) is 6.07 Å². The predicted octanol–water partition coefficient (Wildman–Crippen LogP) is 1.27. The highest BCUT2D eigenvalue weighted by Gasteiger charge is 2.00. The molecule has 2 heterocycles. The standard InChI is InChI=1S/C13H12N2O3/c1-2-18-13(17)7-6-10-9-12(16)15-8-4-3-5-11(15)14-10/h3-9H,2H2,1H3/b7-6+. The number of esters is 1. The number of hydrogen-bond donors (Lipinski definition) is 0. The third kappa shape index (κ3) is 2.63. The fourth-order valence-corrected chi connectivity index (χ4v) is 1.50. The van der Waals surface area contributed by atoms with Gasteiger partial charge in [0, 0.05) is 18.3 Å². The Hall–Kier alpha value is -2.43. The average molecular weight is 244 g/mol. The molecule has 0 aliphatic rings. The van der Waals surface area contributed by atoms with Crippen LogP contribution in [0.2, 0.25) is 0 Å². The van der Waals surface area contributed by atoms with Crippen LogP contribution in [0.1, 0.15) is 12.6 Å². The van der Waals surface area contributed by atoms with Gasteiger partial charge < -0.3 is 4.74 Å². The third-order valence-corrected chi connectivity index (χ3v) is 2.27. The van der Waals surface area contributed by atoms with Crippen molar-refractivity contribution in [1.29, 1.82) is 0 Å². The number of carbonyl (C=O) groups excluding carboxylic acids is 1. The fourth-order valence-electron chi connectivity index (χ4n) is 1.50. The average Bonchev–Trinajstić information content (AvgIpc) is 2.37. The predicted molar refractivity (Wildman–Crippen MR) is 67.1 cm³/mol. The van der Waals surface area contributed by atoms with Gasteiger partial charge in [0.05, 0.1) is 12.3 Å². The van der Waals surface area contributed by atoms with Crippen molar-refractivity contribution < 1.29 is 9.53 Å². The van der Waals surface area contributed by atoms with Gasteiger partial charge in [-0.25, -0.2) is 9.78 Å². The first-order valence-electron chi connectivity index (χ1n) is 5.54. The van der Waals surface area contributed by atoms with E-state index < -0.39 is 5.97 Å². The van der Waals surface area contributed by atoms with Crippen LogP contribution in [0, 0.1) is 0 Å². The van der Waals surface area contributed by atoms with E-state index in [-0.39, 0.29) is 5.56 Å². The zero-order chi connectivity index (χ0) is 13.0. The Morgan fingerprint density at radius 2 is 2.33 bits per heavy atom. The zero-order valence-corrected chi connectivity index (χ0v) is 9.87. The maximum absolute atomic E-state index is 11.7. The fraction of sp³-hybridized carbons (Fsp3) is 0.154. The Morgan fingerprint density at radius 1 is 1.50 bits per heavy atom. The normalized spacial score (nSPS) is 10.9. The summed E-state index contributed by atoms with van der Waals surface area (Å²) in [6.07, 6.45) is 4.36. The molecular weight excluding hydrogens is 232 g/mol. The second kappa shape index (κ2) is 5.27. The molecule has 0 N–H and O–H groups in total. The summed E-state index contributed by atoms with van der Waals surface area (Å²) in [5, 5.41) is 0. The minimum Gasteiger partial charge on any atom is -0.463 e. The Kier molecular flexibility index (Phi) is 3.52. The maximum Gasteiger partial charge on any atom is 0.330 e. The van der Waals surface area contributed by atoms with Crippen molar-refractivity contribution >= 4 is 17.7 Å². The van der Waals surface area contributed by atoms with Crippen molar-refractivity contribution in [2.45, 2.75) is 6.92 Å². The van der Waals surface area contributed by atoms with E-state index in [0.717, 1.165) is 0 Å². The monoisotopic (exact) mass is 244 g/mol. The summed E-state index contributed by atoms with van der Waals surface area (Å²) >= 11 is 0. The zero-order valence-electron chi connectivity index (χ0n) is 9.87. The number of pyridine rings is 1. The van der Waals surface area contributed by atoms with Crippen LogP contribution in [0.25, 0.3) is 11.7 Å². The molecule has 5 nitrogen and oxygen atoms in total. The number of ether oxygens (including phenoxy) is 1. The molecule has 0 saturated heterocycles. The van der Waals surface area contributed by atoms with Gasteiger partial charge in [-0.2, -0.15) is 0 Å². The summed E-state index contributed by atoms with van der Waals surface area (Å²) in [4.78, 5) is 27.1. The third-order valence-electron chi connectivity index (χ3n) is 2.27. The Labute approximate surface area is 103 Å². The van der Waals surface area contributed by atoms with Crippen molar-refractivity contribution in [1.82, 2.24) is 9.38 Å². The van der Waals surface area contributed by atoms with Gasteiger partial charge in [0.15, 0.2) is 0 Å². The second-order valence-corrected chi connectivity index (χ2v) is 3.53. The quantitative estimate of drug-likeness (QED) is 0.602. The number of aromatic nitrogens is 2. The van der Waals surface area contributed by atoms with Crippen LogP contribution in [0.4, 0.5) is 0 Å². The summed E-state index contributed by atoms with van der Waals surface area (Å²) in [6, 6.07) is 6.64. The number of carbonyl (C=O) groups is 1. The first kappa shape index (κ1) is 12.0. The molecule has 0 radical (unpaired) electrons. The van der Waals surface area contributed by atoms with Crippen molar-refractivity contribution in [3.05, 3.63) is 52.6 Å². The minimum absolute atomic E-state index is 0.191. The molecule has 5 heteroatoms. The van der Waals surface area contributed by atoms with E-state index in [2.05, 4.69) is 4.98 Å². The van der Waals surface area contributed by atoms with E-state index in [1.165, 1.54) is 22.6 Å². The van der Waals surface area contributed by atoms with Crippen molar-refractivity contribution in [2.75, 3.05) is 6.61 Å². The van der Waals surface area contributed by atoms with Crippen molar-refractivity contribution in [3.63, 3.8) is 0 Å². The molecule has 0 aromatic carbocycles. The SMILES string of the molecule is CCOC(=O)/C=C/c1cc(=O)n2ccccc2n1.